The molecule has 5 nitrogen and oxygen atoms in total. The van der Waals surface area contributed by atoms with E-state index in [1.807, 2.05) is 35.2 Å². The molecule has 2 unspecified atom stereocenters. The van der Waals surface area contributed by atoms with Gasteiger partial charge in [0.05, 0.1) is 12.5 Å². The van der Waals surface area contributed by atoms with Gasteiger partial charge in [-0.15, -0.1) is 0 Å². The zero-order valence-electron chi connectivity index (χ0n) is 14.7. The molecule has 1 aromatic rings. The molecule has 1 aromatic carbocycles. The van der Waals surface area contributed by atoms with Crippen LogP contribution in [0.5, 0.6) is 0 Å². The second-order valence-electron chi connectivity index (χ2n) is 7.25. The number of hydrogen-bond donors (Lipinski definition) is 2. The summed E-state index contributed by atoms with van der Waals surface area (Å²) in [7, 11) is 0. The molecule has 2 aliphatic rings. The van der Waals surface area contributed by atoms with Crippen LogP contribution in [0.25, 0.3) is 0 Å². The lowest BCUT2D eigenvalue weighted by atomic mass is 9.93. The maximum Gasteiger partial charge on any atom is 0.308 e. The van der Waals surface area contributed by atoms with Gasteiger partial charge in [-0.3, -0.25) is 9.59 Å². The van der Waals surface area contributed by atoms with Crippen LogP contribution in [0.3, 0.4) is 0 Å². The number of hydrogen-bond acceptors (Lipinski definition) is 3. The number of para-hydroxylation sites is 1. The first-order valence-corrected chi connectivity index (χ1v) is 9.50. The van der Waals surface area contributed by atoms with Crippen molar-refractivity contribution in [1.29, 1.82) is 0 Å². The summed E-state index contributed by atoms with van der Waals surface area (Å²) in [4.78, 5) is 26.3. The van der Waals surface area contributed by atoms with Crippen LogP contribution in [-0.2, 0) is 9.59 Å². The van der Waals surface area contributed by atoms with Gasteiger partial charge >= 0.3 is 5.97 Å². The minimum absolute atomic E-state index is 0.0501. The minimum atomic E-state index is -0.755. The first kappa shape index (κ1) is 17.9. The van der Waals surface area contributed by atoms with Gasteiger partial charge in [-0.25, -0.2) is 0 Å². The summed E-state index contributed by atoms with van der Waals surface area (Å²) in [6.45, 7) is 0.208. The molecule has 0 aliphatic heterocycles. The number of nitrogens with zero attached hydrogens (tertiary/aromatic N) is 1. The monoisotopic (exact) mass is 344 g/mol. The fourth-order valence-corrected chi connectivity index (χ4v) is 4.29. The smallest absolute Gasteiger partial charge is 0.308 e. The SMILES string of the molecule is O=C(O)C1CCCC1NCC(=O)N(c1ccccc1)C1CCCCC1. The maximum absolute atomic E-state index is 13.0. The summed E-state index contributed by atoms with van der Waals surface area (Å²) in [6, 6.07) is 10.0. The van der Waals surface area contributed by atoms with E-state index >= 15 is 0 Å². The van der Waals surface area contributed by atoms with Gasteiger partial charge in [-0.2, -0.15) is 0 Å². The molecule has 1 amide bonds. The maximum atomic E-state index is 13.0. The first-order chi connectivity index (χ1) is 12.2. The summed E-state index contributed by atoms with van der Waals surface area (Å²) in [6.07, 6.45) is 8.10. The van der Waals surface area contributed by atoms with E-state index < -0.39 is 5.97 Å². The van der Waals surface area contributed by atoms with Gasteiger partial charge < -0.3 is 15.3 Å². The van der Waals surface area contributed by atoms with Crippen molar-refractivity contribution in [2.75, 3.05) is 11.4 Å². The standard InChI is InChI=1S/C20H28N2O3/c23-19(14-21-18-13-7-12-17(18)20(24)25)22(15-8-3-1-4-9-15)16-10-5-2-6-11-16/h1,3-4,8-9,16-18,21H,2,5-7,10-14H2,(H,24,25). The number of anilines is 1. The molecule has 2 fully saturated rings. The van der Waals surface area contributed by atoms with Gasteiger partial charge in [0, 0.05) is 17.8 Å². The highest BCUT2D eigenvalue weighted by Gasteiger charge is 2.34. The van der Waals surface area contributed by atoms with E-state index in [2.05, 4.69) is 5.32 Å². The van der Waals surface area contributed by atoms with Gasteiger partial charge in [0.25, 0.3) is 0 Å². The molecular formula is C20H28N2O3. The molecule has 3 rings (SSSR count). The Kier molecular flexibility index (Phi) is 6.08. The first-order valence-electron chi connectivity index (χ1n) is 9.50. The Balaban J connectivity index is 1.67. The molecule has 0 saturated heterocycles. The third-order valence-corrected chi connectivity index (χ3v) is 5.59. The van der Waals surface area contributed by atoms with Crippen LogP contribution in [0.1, 0.15) is 51.4 Å². The van der Waals surface area contributed by atoms with Crippen LogP contribution in [0, 0.1) is 5.92 Å². The fourth-order valence-electron chi connectivity index (χ4n) is 4.29. The highest BCUT2D eigenvalue weighted by molar-refractivity contribution is 5.95. The molecule has 2 N–H and O–H groups in total. The van der Waals surface area contributed by atoms with Crippen molar-refractivity contribution in [3.8, 4) is 0 Å². The Morgan fingerprint density at radius 2 is 1.72 bits per heavy atom. The molecule has 0 spiro atoms. The molecule has 2 saturated carbocycles. The molecule has 0 radical (unpaired) electrons. The van der Waals surface area contributed by atoms with Crippen molar-refractivity contribution < 1.29 is 14.7 Å². The Morgan fingerprint density at radius 3 is 2.40 bits per heavy atom. The number of amides is 1. The number of carboxylic acid groups (broad SMARTS) is 1. The predicted molar refractivity (Wildman–Crippen MR) is 97.6 cm³/mol. The number of carbonyl (C=O) groups excluding carboxylic acids is 1. The van der Waals surface area contributed by atoms with E-state index in [0.29, 0.717) is 6.42 Å². The van der Waals surface area contributed by atoms with Crippen molar-refractivity contribution in [2.24, 2.45) is 5.92 Å². The van der Waals surface area contributed by atoms with Crippen molar-refractivity contribution in [3.63, 3.8) is 0 Å². The van der Waals surface area contributed by atoms with E-state index in [-0.39, 0.29) is 30.5 Å². The topological polar surface area (TPSA) is 69.6 Å². The number of carboxylic acids is 1. The second kappa shape index (κ2) is 8.48. The summed E-state index contributed by atoms with van der Waals surface area (Å²) in [5.74, 6) is -1.07. The van der Waals surface area contributed by atoms with Gasteiger partial charge in [0.15, 0.2) is 0 Å². The molecule has 5 heteroatoms. The zero-order valence-corrected chi connectivity index (χ0v) is 14.7. The largest absolute Gasteiger partial charge is 0.481 e. The van der Waals surface area contributed by atoms with Gasteiger partial charge in [0.1, 0.15) is 0 Å². The van der Waals surface area contributed by atoms with E-state index in [9.17, 15) is 14.7 Å². The molecule has 25 heavy (non-hydrogen) atoms. The van der Waals surface area contributed by atoms with Crippen LogP contribution in [0.4, 0.5) is 5.69 Å². The van der Waals surface area contributed by atoms with E-state index in [1.54, 1.807) is 0 Å². The van der Waals surface area contributed by atoms with E-state index in [0.717, 1.165) is 31.4 Å². The minimum Gasteiger partial charge on any atom is -0.481 e. The molecule has 2 aliphatic carbocycles. The Labute approximate surface area is 149 Å². The van der Waals surface area contributed by atoms with E-state index in [4.69, 9.17) is 0 Å². The summed E-state index contributed by atoms with van der Waals surface area (Å²) in [5.41, 5.74) is 0.947. The van der Waals surface area contributed by atoms with Crippen molar-refractivity contribution >= 4 is 17.6 Å². The van der Waals surface area contributed by atoms with Crippen molar-refractivity contribution in [1.82, 2.24) is 5.32 Å². The number of carbonyl (C=O) groups is 2. The van der Waals surface area contributed by atoms with Crippen LogP contribution >= 0.6 is 0 Å². The van der Waals surface area contributed by atoms with Crippen molar-refractivity contribution in [2.45, 2.75) is 63.5 Å². The summed E-state index contributed by atoms with van der Waals surface area (Å²) >= 11 is 0. The molecule has 0 aromatic heterocycles. The lowest BCUT2D eigenvalue weighted by molar-refractivity contribution is -0.142. The van der Waals surface area contributed by atoms with Gasteiger partial charge in [-0.05, 0) is 37.8 Å². The van der Waals surface area contributed by atoms with Crippen LogP contribution < -0.4 is 10.2 Å². The molecule has 136 valence electrons. The summed E-state index contributed by atoms with van der Waals surface area (Å²) in [5, 5.41) is 12.5. The zero-order chi connectivity index (χ0) is 17.6. The normalized spacial score (nSPS) is 24.2. The highest BCUT2D eigenvalue weighted by atomic mass is 16.4. The molecule has 2 atom stereocenters. The lowest BCUT2D eigenvalue weighted by Gasteiger charge is -2.35. The fraction of sp³-hybridized carbons (Fsp3) is 0.600. The van der Waals surface area contributed by atoms with E-state index in [1.165, 1.54) is 19.3 Å². The lowest BCUT2D eigenvalue weighted by Crippen LogP contribution is -2.48. The Morgan fingerprint density at radius 1 is 1.00 bits per heavy atom. The average Bonchev–Trinajstić information content (AvgIpc) is 3.11. The third-order valence-electron chi connectivity index (χ3n) is 5.59. The highest BCUT2D eigenvalue weighted by Crippen LogP contribution is 2.28. The number of nitrogens with one attached hydrogen (secondary N) is 1. The number of benzene rings is 1. The van der Waals surface area contributed by atoms with Crippen LogP contribution in [0.2, 0.25) is 0 Å². The average molecular weight is 344 g/mol. The quantitative estimate of drug-likeness (QED) is 0.831. The molecule has 0 bridgehead atoms. The molecule has 0 heterocycles. The van der Waals surface area contributed by atoms with Crippen LogP contribution in [0.15, 0.2) is 30.3 Å². The molecular weight excluding hydrogens is 316 g/mol. The summed E-state index contributed by atoms with van der Waals surface area (Å²) < 4.78 is 0. The van der Waals surface area contributed by atoms with Crippen LogP contribution in [-0.4, -0.2) is 35.6 Å². The third kappa shape index (κ3) is 4.40. The number of aliphatic carboxylic acids is 1. The Bertz CT molecular complexity index is 584. The Hall–Kier alpha value is -1.88. The van der Waals surface area contributed by atoms with Crippen molar-refractivity contribution in [3.05, 3.63) is 30.3 Å². The van der Waals surface area contributed by atoms with Gasteiger partial charge in [-0.1, -0.05) is 43.9 Å². The second-order valence-corrected chi connectivity index (χ2v) is 7.25. The predicted octanol–water partition coefficient (Wildman–Crippen LogP) is 3.20. The number of rotatable bonds is 6. The van der Waals surface area contributed by atoms with Gasteiger partial charge in [0.2, 0.25) is 5.91 Å².